The Morgan fingerprint density at radius 2 is 1.96 bits per heavy atom. The fourth-order valence-electron chi connectivity index (χ4n) is 2.88. The number of hydrogen-bond donors (Lipinski definition) is 1. The minimum Gasteiger partial charge on any atom is -0.493 e. The molecule has 1 heterocycles. The molecule has 2 aromatic carbocycles. The van der Waals surface area contributed by atoms with Crippen LogP contribution in [-0.2, 0) is 4.74 Å². The number of halogens is 1. The van der Waals surface area contributed by atoms with Gasteiger partial charge in [0.15, 0.2) is 11.5 Å². The molecule has 0 aliphatic carbocycles. The van der Waals surface area contributed by atoms with Crippen molar-refractivity contribution < 1.29 is 23.4 Å². The summed E-state index contributed by atoms with van der Waals surface area (Å²) in [6.45, 7) is 2.07. The molecular formula is C20H23FN2O4. The molecule has 1 unspecified atom stereocenters. The van der Waals surface area contributed by atoms with Gasteiger partial charge in [-0.15, -0.1) is 0 Å². The molecule has 0 saturated carbocycles. The van der Waals surface area contributed by atoms with E-state index in [1.54, 1.807) is 24.1 Å². The largest absolute Gasteiger partial charge is 0.493 e. The van der Waals surface area contributed by atoms with Gasteiger partial charge in [0.05, 0.1) is 26.8 Å². The number of morpholine rings is 1. The summed E-state index contributed by atoms with van der Waals surface area (Å²) in [6.07, 6.45) is -0.255. The highest BCUT2D eigenvalue weighted by atomic mass is 19.1. The molecule has 0 radical (unpaired) electrons. The first-order chi connectivity index (χ1) is 13.2. The van der Waals surface area contributed by atoms with E-state index < -0.39 is 0 Å². The fraction of sp³-hybridized carbons (Fsp3) is 0.350. The van der Waals surface area contributed by atoms with E-state index in [0.717, 1.165) is 5.56 Å². The predicted octanol–water partition coefficient (Wildman–Crippen LogP) is 3.00. The van der Waals surface area contributed by atoms with Crippen LogP contribution in [0.2, 0.25) is 0 Å². The Bertz CT molecular complexity index is 754. The maximum atomic E-state index is 13.1. The number of benzene rings is 2. The van der Waals surface area contributed by atoms with Crippen molar-refractivity contribution in [3.05, 3.63) is 59.9 Å². The average molecular weight is 374 g/mol. The molecule has 3 rings (SSSR count). The molecule has 1 fully saturated rings. The van der Waals surface area contributed by atoms with Crippen molar-refractivity contribution in [2.75, 3.05) is 40.0 Å². The van der Waals surface area contributed by atoms with E-state index >= 15 is 0 Å². The zero-order valence-corrected chi connectivity index (χ0v) is 15.2. The van der Waals surface area contributed by atoms with Gasteiger partial charge >= 0.3 is 6.03 Å². The van der Waals surface area contributed by atoms with Crippen LogP contribution >= 0.6 is 0 Å². The first kappa shape index (κ1) is 19.0. The van der Waals surface area contributed by atoms with E-state index in [-0.39, 0.29) is 18.0 Å². The topological polar surface area (TPSA) is 60.0 Å². The Hall–Kier alpha value is -2.80. The lowest BCUT2D eigenvalue weighted by Crippen LogP contribution is -2.47. The molecule has 144 valence electrons. The maximum Gasteiger partial charge on any atom is 0.317 e. The predicted molar refractivity (Wildman–Crippen MR) is 98.6 cm³/mol. The van der Waals surface area contributed by atoms with Crippen molar-refractivity contribution >= 4 is 6.03 Å². The first-order valence-electron chi connectivity index (χ1n) is 8.83. The minimum absolute atomic E-state index is 0.172. The maximum absolute atomic E-state index is 13.1. The zero-order chi connectivity index (χ0) is 19.1. The Labute approximate surface area is 157 Å². The minimum atomic E-state index is -0.292. The molecule has 0 spiro atoms. The van der Waals surface area contributed by atoms with E-state index in [2.05, 4.69) is 5.32 Å². The van der Waals surface area contributed by atoms with Crippen LogP contribution in [0, 0.1) is 5.82 Å². The van der Waals surface area contributed by atoms with E-state index in [1.807, 2.05) is 24.3 Å². The molecule has 1 aliphatic rings. The summed E-state index contributed by atoms with van der Waals surface area (Å²) in [4.78, 5) is 14.1. The monoisotopic (exact) mass is 374 g/mol. The molecule has 7 heteroatoms. The molecule has 0 bridgehead atoms. The van der Waals surface area contributed by atoms with Crippen LogP contribution in [0.4, 0.5) is 9.18 Å². The fourth-order valence-corrected chi connectivity index (χ4v) is 2.88. The van der Waals surface area contributed by atoms with Gasteiger partial charge in [-0.05, 0) is 29.8 Å². The molecule has 2 aromatic rings. The second-order valence-corrected chi connectivity index (χ2v) is 6.09. The Morgan fingerprint density at radius 1 is 1.22 bits per heavy atom. The van der Waals surface area contributed by atoms with E-state index in [1.165, 1.54) is 12.1 Å². The lowest BCUT2D eigenvalue weighted by Gasteiger charge is -2.33. The van der Waals surface area contributed by atoms with Crippen LogP contribution < -0.4 is 14.8 Å². The van der Waals surface area contributed by atoms with Crippen molar-refractivity contribution in [3.63, 3.8) is 0 Å². The number of carbonyl (C=O) groups is 1. The SMILES string of the molecule is COc1ccccc1OCCNC(=O)N1CCOC(c2ccc(F)cc2)C1. The highest BCUT2D eigenvalue weighted by molar-refractivity contribution is 5.74. The number of nitrogens with zero attached hydrogens (tertiary/aromatic N) is 1. The molecule has 1 saturated heterocycles. The molecule has 0 aromatic heterocycles. The first-order valence-corrected chi connectivity index (χ1v) is 8.83. The van der Waals surface area contributed by atoms with Gasteiger partial charge < -0.3 is 24.4 Å². The molecule has 1 atom stereocenters. The van der Waals surface area contributed by atoms with Gasteiger partial charge in [0, 0.05) is 6.54 Å². The normalized spacial score (nSPS) is 16.7. The van der Waals surface area contributed by atoms with Gasteiger partial charge in [-0.3, -0.25) is 0 Å². The quantitative estimate of drug-likeness (QED) is 0.790. The third kappa shape index (κ3) is 5.10. The summed E-state index contributed by atoms with van der Waals surface area (Å²) in [5, 5.41) is 2.85. The zero-order valence-electron chi connectivity index (χ0n) is 15.2. The Kier molecular flexibility index (Phi) is 6.49. The second-order valence-electron chi connectivity index (χ2n) is 6.09. The summed E-state index contributed by atoms with van der Waals surface area (Å²) >= 11 is 0. The van der Waals surface area contributed by atoms with Crippen LogP contribution in [0.5, 0.6) is 11.5 Å². The van der Waals surface area contributed by atoms with Crippen LogP contribution in [0.25, 0.3) is 0 Å². The number of urea groups is 1. The van der Waals surface area contributed by atoms with Crippen molar-refractivity contribution in [1.29, 1.82) is 0 Å². The highest BCUT2D eigenvalue weighted by Crippen LogP contribution is 2.25. The summed E-state index contributed by atoms with van der Waals surface area (Å²) in [7, 11) is 1.58. The molecule has 6 nitrogen and oxygen atoms in total. The van der Waals surface area contributed by atoms with Crippen LogP contribution in [0.3, 0.4) is 0 Å². The molecule has 27 heavy (non-hydrogen) atoms. The summed E-state index contributed by atoms with van der Waals surface area (Å²) in [5.41, 5.74) is 0.855. The number of hydrogen-bond acceptors (Lipinski definition) is 4. The van der Waals surface area contributed by atoms with E-state index in [9.17, 15) is 9.18 Å². The lowest BCUT2D eigenvalue weighted by atomic mass is 10.1. The second kappa shape index (κ2) is 9.23. The van der Waals surface area contributed by atoms with Crippen LogP contribution in [0.1, 0.15) is 11.7 Å². The number of nitrogens with one attached hydrogen (secondary N) is 1. The highest BCUT2D eigenvalue weighted by Gasteiger charge is 2.25. The van der Waals surface area contributed by atoms with Gasteiger partial charge in [-0.25, -0.2) is 9.18 Å². The smallest absolute Gasteiger partial charge is 0.317 e. The number of rotatable bonds is 6. The lowest BCUT2D eigenvalue weighted by molar-refractivity contribution is -0.0155. The van der Waals surface area contributed by atoms with Crippen molar-refractivity contribution in [1.82, 2.24) is 10.2 Å². The number of para-hydroxylation sites is 2. The molecule has 1 N–H and O–H groups in total. The number of amides is 2. The van der Waals surface area contributed by atoms with Crippen molar-refractivity contribution in [2.45, 2.75) is 6.10 Å². The standard InChI is InChI=1S/C20H23FN2O4/c1-25-17-4-2-3-5-18(17)26-12-10-22-20(24)23-11-13-27-19(14-23)15-6-8-16(21)9-7-15/h2-9,19H,10-14H2,1H3,(H,22,24). The van der Waals surface area contributed by atoms with Gasteiger partial charge in [0.25, 0.3) is 0 Å². The molecule has 1 aliphatic heterocycles. The summed E-state index contributed by atoms with van der Waals surface area (Å²) in [5.74, 6) is 0.996. The molecular weight excluding hydrogens is 351 g/mol. The van der Waals surface area contributed by atoms with Gasteiger partial charge in [-0.2, -0.15) is 0 Å². The third-order valence-corrected chi connectivity index (χ3v) is 4.30. The van der Waals surface area contributed by atoms with Crippen molar-refractivity contribution in [3.8, 4) is 11.5 Å². The Balaban J connectivity index is 1.45. The summed E-state index contributed by atoms with van der Waals surface area (Å²) < 4.78 is 29.6. The summed E-state index contributed by atoms with van der Waals surface area (Å²) in [6, 6.07) is 13.3. The van der Waals surface area contributed by atoms with Crippen LogP contribution in [-0.4, -0.2) is 50.9 Å². The van der Waals surface area contributed by atoms with Gasteiger partial charge in [-0.1, -0.05) is 24.3 Å². The number of carbonyl (C=O) groups excluding carboxylic acids is 1. The van der Waals surface area contributed by atoms with E-state index in [4.69, 9.17) is 14.2 Å². The average Bonchev–Trinajstić information content (AvgIpc) is 2.72. The van der Waals surface area contributed by atoms with Crippen molar-refractivity contribution in [2.24, 2.45) is 0 Å². The van der Waals surface area contributed by atoms with E-state index in [0.29, 0.717) is 44.3 Å². The van der Waals surface area contributed by atoms with Crippen LogP contribution in [0.15, 0.2) is 48.5 Å². The number of methoxy groups -OCH3 is 1. The number of ether oxygens (including phenoxy) is 3. The molecule has 2 amide bonds. The third-order valence-electron chi connectivity index (χ3n) is 4.30. The Morgan fingerprint density at radius 3 is 2.70 bits per heavy atom. The van der Waals surface area contributed by atoms with Gasteiger partial charge in [0.2, 0.25) is 0 Å². The van der Waals surface area contributed by atoms with Gasteiger partial charge in [0.1, 0.15) is 18.5 Å².